The first kappa shape index (κ1) is 24.5. The van der Waals surface area contributed by atoms with Crippen molar-refractivity contribution in [2.75, 3.05) is 25.6 Å². The fourth-order valence-corrected chi connectivity index (χ4v) is 6.08. The Hall–Kier alpha value is -2.17. The Morgan fingerprint density at radius 2 is 1.97 bits per heavy atom. The number of hydrogen-bond acceptors (Lipinski definition) is 6. The van der Waals surface area contributed by atoms with Crippen LogP contribution in [0.2, 0.25) is 0 Å². The van der Waals surface area contributed by atoms with Crippen molar-refractivity contribution in [1.82, 2.24) is 19.5 Å². The number of halogens is 3. The van der Waals surface area contributed by atoms with Crippen LogP contribution in [0.3, 0.4) is 0 Å². The van der Waals surface area contributed by atoms with Crippen LogP contribution < -0.4 is 5.32 Å². The first-order valence-corrected chi connectivity index (χ1v) is 12.6. The Balaban J connectivity index is 1.50. The van der Waals surface area contributed by atoms with E-state index >= 15 is 0 Å². The number of aliphatic hydroxyl groups is 1. The van der Waals surface area contributed by atoms with Crippen molar-refractivity contribution in [2.45, 2.75) is 88.2 Å². The molecule has 7 nitrogen and oxygen atoms in total. The molecule has 1 saturated carbocycles. The van der Waals surface area contributed by atoms with Crippen LogP contribution in [0.4, 0.5) is 19.1 Å². The van der Waals surface area contributed by atoms with Crippen molar-refractivity contribution in [1.29, 1.82) is 0 Å². The van der Waals surface area contributed by atoms with E-state index in [2.05, 4.69) is 16.4 Å². The van der Waals surface area contributed by atoms with E-state index in [9.17, 15) is 18.3 Å². The molecule has 0 spiro atoms. The summed E-state index contributed by atoms with van der Waals surface area (Å²) < 4.78 is 46.6. The number of nitrogens with one attached hydrogen (secondary N) is 1. The molecular weight excluding hydrogens is 459 g/mol. The van der Waals surface area contributed by atoms with Crippen LogP contribution >= 0.6 is 0 Å². The predicted octanol–water partition coefficient (Wildman–Crippen LogP) is 4.38. The predicted molar refractivity (Wildman–Crippen MR) is 127 cm³/mol. The van der Waals surface area contributed by atoms with Gasteiger partial charge >= 0.3 is 6.18 Å². The second-order valence-corrected chi connectivity index (χ2v) is 10.3. The van der Waals surface area contributed by atoms with Crippen molar-refractivity contribution < 1.29 is 23.0 Å². The number of fused-ring (bicyclic) bond motifs is 3. The first-order valence-electron chi connectivity index (χ1n) is 12.6. The average molecular weight is 494 g/mol. The smallest absolute Gasteiger partial charge is 0.393 e. The van der Waals surface area contributed by atoms with Crippen molar-refractivity contribution in [3.63, 3.8) is 0 Å². The van der Waals surface area contributed by atoms with Crippen molar-refractivity contribution in [3.05, 3.63) is 29.6 Å². The lowest BCUT2D eigenvalue weighted by molar-refractivity contribution is -0.150. The SMILES string of the molecule is COC[C@H](C)Nc1ncc2c(C3=C[C@@H]4CC[C@H](C3)N4CC(F)(F)F)cc(C3CCC(O)CC3)n2n1. The van der Waals surface area contributed by atoms with Gasteiger partial charge < -0.3 is 15.2 Å². The van der Waals surface area contributed by atoms with Crippen LogP contribution in [0.1, 0.15) is 69.0 Å². The summed E-state index contributed by atoms with van der Waals surface area (Å²) in [5.41, 5.74) is 4.07. The van der Waals surface area contributed by atoms with E-state index in [1.807, 2.05) is 23.7 Å². The highest BCUT2D eigenvalue weighted by Gasteiger charge is 2.43. The highest BCUT2D eigenvalue weighted by atomic mass is 19.4. The fourth-order valence-electron chi connectivity index (χ4n) is 6.08. The maximum atomic E-state index is 13.1. The van der Waals surface area contributed by atoms with Gasteiger partial charge in [0.1, 0.15) is 0 Å². The molecule has 0 unspecified atom stereocenters. The summed E-state index contributed by atoms with van der Waals surface area (Å²) in [4.78, 5) is 6.16. The molecule has 4 heterocycles. The summed E-state index contributed by atoms with van der Waals surface area (Å²) in [5, 5.41) is 18.1. The third-order valence-corrected chi connectivity index (χ3v) is 7.70. The van der Waals surface area contributed by atoms with Gasteiger partial charge in [-0.2, -0.15) is 13.2 Å². The van der Waals surface area contributed by atoms with E-state index in [0.717, 1.165) is 60.9 Å². The molecule has 3 atom stereocenters. The Kier molecular flexibility index (Phi) is 6.80. The molecule has 2 aromatic rings. The summed E-state index contributed by atoms with van der Waals surface area (Å²) in [7, 11) is 1.65. The molecule has 10 heteroatoms. The van der Waals surface area contributed by atoms with Crippen molar-refractivity contribution in [3.8, 4) is 0 Å². The van der Waals surface area contributed by atoms with Crippen LogP contribution in [-0.4, -0.2) is 75.3 Å². The first-order chi connectivity index (χ1) is 16.7. The van der Waals surface area contributed by atoms with Gasteiger partial charge in [0, 0.05) is 42.4 Å². The zero-order chi connectivity index (χ0) is 24.7. The Morgan fingerprint density at radius 3 is 2.66 bits per heavy atom. The summed E-state index contributed by atoms with van der Waals surface area (Å²) >= 11 is 0. The molecule has 0 radical (unpaired) electrons. The molecule has 192 valence electrons. The maximum Gasteiger partial charge on any atom is 0.401 e. The number of methoxy groups -OCH3 is 1. The number of hydrogen-bond donors (Lipinski definition) is 2. The van der Waals surface area contributed by atoms with E-state index in [1.165, 1.54) is 0 Å². The van der Waals surface area contributed by atoms with E-state index in [-0.39, 0.29) is 30.1 Å². The number of ether oxygens (including phenoxy) is 1. The van der Waals surface area contributed by atoms with Crippen LogP contribution in [0.25, 0.3) is 11.1 Å². The Morgan fingerprint density at radius 1 is 1.20 bits per heavy atom. The fraction of sp³-hybridized carbons (Fsp3) is 0.680. The van der Waals surface area contributed by atoms with E-state index in [0.29, 0.717) is 19.0 Å². The quantitative estimate of drug-likeness (QED) is 0.597. The molecule has 2 aromatic heterocycles. The van der Waals surface area contributed by atoms with Gasteiger partial charge in [0.15, 0.2) is 0 Å². The van der Waals surface area contributed by atoms with Crippen LogP contribution in [0, 0.1) is 0 Å². The molecule has 1 saturated heterocycles. The third kappa shape index (κ3) is 5.20. The topological polar surface area (TPSA) is 74.9 Å². The minimum atomic E-state index is -4.19. The number of anilines is 1. The Bertz CT molecular complexity index is 1080. The number of rotatable bonds is 7. The molecule has 2 fully saturated rings. The standard InChI is InChI=1S/C25H34F3N5O2/c1-15(13-35-2)30-24-29-12-23-21(11-22(33(23)31-24)16-3-7-20(34)8-4-16)17-9-18-5-6-19(10-17)32(18)14-25(26,27)28/h9,11-12,15-16,18-20,34H,3-8,10,13-14H2,1-2H3,(H,30,31)/t15-,16?,18-,19+,20?/m0/s1. The van der Waals surface area contributed by atoms with Crippen molar-refractivity contribution in [2.24, 2.45) is 0 Å². The molecule has 5 rings (SSSR count). The summed E-state index contributed by atoms with van der Waals surface area (Å²) in [6, 6.07) is 1.92. The van der Waals surface area contributed by atoms with E-state index in [1.54, 1.807) is 12.0 Å². The molecule has 35 heavy (non-hydrogen) atoms. The maximum absolute atomic E-state index is 13.1. The van der Waals surface area contributed by atoms with Gasteiger partial charge in [0.25, 0.3) is 0 Å². The van der Waals surface area contributed by atoms with Gasteiger partial charge in [-0.15, -0.1) is 5.10 Å². The van der Waals surface area contributed by atoms with Crippen molar-refractivity contribution >= 4 is 17.0 Å². The molecule has 0 aromatic carbocycles. The molecule has 3 aliphatic rings. The third-order valence-electron chi connectivity index (χ3n) is 7.70. The van der Waals surface area contributed by atoms with Gasteiger partial charge in [-0.1, -0.05) is 6.08 Å². The summed E-state index contributed by atoms with van der Waals surface area (Å²) in [6.45, 7) is 1.67. The van der Waals surface area contributed by atoms with Gasteiger partial charge in [-0.25, -0.2) is 9.50 Å². The molecule has 2 N–H and O–H groups in total. The largest absolute Gasteiger partial charge is 0.401 e. The van der Waals surface area contributed by atoms with E-state index < -0.39 is 12.7 Å². The lowest BCUT2D eigenvalue weighted by Crippen LogP contribution is -2.44. The second-order valence-electron chi connectivity index (χ2n) is 10.3. The summed E-state index contributed by atoms with van der Waals surface area (Å²) in [6.07, 6.45) is 4.81. The number of aromatic nitrogens is 3. The second kappa shape index (κ2) is 9.71. The molecule has 0 amide bonds. The van der Waals surface area contributed by atoms with Gasteiger partial charge in [-0.3, -0.25) is 4.90 Å². The summed E-state index contributed by atoms with van der Waals surface area (Å²) in [5.74, 6) is 0.775. The van der Waals surface area contributed by atoms with Gasteiger partial charge in [0.05, 0.1) is 31.0 Å². The lowest BCUT2D eigenvalue weighted by Gasteiger charge is -2.34. The monoisotopic (exact) mass is 493 g/mol. The number of alkyl halides is 3. The molecule has 2 aliphatic heterocycles. The van der Waals surface area contributed by atoms with Crippen LogP contribution in [0.5, 0.6) is 0 Å². The minimum Gasteiger partial charge on any atom is -0.393 e. The lowest BCUT2D eigenvalue weighted by atomic mass is 9.85. The molecule has 2 bridgehead atoms. The van der Waals surface area contributed by atoms with Gasteiger partial charge in [0.2, 0.25) is 5.95 Å². The van der Waals surface area contributed by atoms with Crippen LogP contribution in [0.15, 0.2) is 18.3 Å². The zero-order valence-electron chi connectivity index (χ0n) is 20.3. The normalized spacial score (nSPS) is 28.3. The van der Waals surface area contributed by atoms with Gasteiger partial charge in [-0.05, 0) is 63.5 Å². The number of nitrogens with zero attached hydrogens (tertiary/aromatic N) is 4. The average Bonchev–Trinajstić information content (AvgIpc) is 3.25. The highest BCUT2D eigenvalue weighted by Crippen LogP contribution is 2.43. The number of aliphatic hydroxyl groups excluding tert-OH is 1. The molecular formula is C25H34F3N5O2. The Labute approximate surface area is 203 Å². The minimum absolute atomic E-state index is 0.0389. The van der Waals surface area contributed by atoms with Crippen LogP contribution in [-0.2, 0) is 4.74 Å². The molecule has 1 aliphatic carbocycles. The van der Waals surface area contributed by atoms with E-state index in [4.69, 9.17) is 9.84 Å². The zero-order valence-corrected chi connectivity index (χ0v) is 20.3. The highest BCUT2D eigenvalue weighted by molar-refractivity contribution is 5.80.